The Kier molecular flexibility index (Phi) is 1.74. The Balaban J connectivity index is 2.45. The number of hydrogen-bond acceptors (Lipinski definition) is 2. The number of nitrogens with one attached hydrogen (secondary N) is 1. The van der Waals surface area contributed by atoms with Crippen LogP contribution in [0.5, 0.6) is 0 Å². The summed E-state index contributed by atoms with van der Waals surface area (Å²) in [4.78, 5) is 13.6. The van der Waals surface area contributed by atoms with Gasteiger partial charge in [0.05, 0.1) is 0 Å². The number of carbonyl (C=O) groups is 1. The minimum Gasteiger partial charge on any atom is -0.364 e. The summed E-state index contributed by atoms with van der Waals surface area (Å²) in [6.07, 6.45) is 3.82. The number of fused-ring (bicyclic) bond motifs is 1. The summed E-state index contributed by atoms with van der Waals surface area (Å²) in [5, 5.41) is 0. The quantitative estimate of drug-likeness (QED) is 0.645. The first-order valence-electron chi connectivity index (χ1n) is 3.64. The molecule has 0 unspecified atom stereocenters. The first-order valence-corrected chi connectivity index (χ1v) is 4.79. The van der Waals surface area contributed by atoms with Gasteiger partial charge < -0.3 is 4.98 Å². The van der Waals surface area contributed by atoms with Crippen molar-refractivity contribution < 1.29 is 4.79 Å². The molecule has 0 spiro atoms. The highest BCUT2D eigenvalue weighted by Gasteiger charge is 2.14. The Morgan fingerprint density at radius 3 is 3.36 bits per heavy atom. The fraction of sp³-hybridized carbons (Fsp3) is 0.375. The Labute approximate surface area is 69.4 Å². The molecule has 0 saturated heterocycles. The van der Waals surface area contributed by atoms with Crippen LogP contribution in [0.15, 0.2) is 6.20 Å². The van der Waals surface area contributed by atoms with E-state index < -0.39 is 0 Å². The maximum absolute atomic E-state index is 10.5. The second-order valence-electron chi connectivity index (χ2n) is 2.62. The number of H-pyrrole nitrogens is 1. The van der Waals surface area contributed by atoms with Gasteiger partial charge >= 0.3 is 0 Å². The number of rotatable bonds is 1. The van der Waals surface area contributed by atoms with E-state index in [1.54, 1.807) is 0 Å². The first-order chi connectivity index (χ1) is 5.42. The summed E-state index contributed by atoms with van der Waals surface area (Å²) in [6, 6.07) is 0. The van der Waals surface area contributed by atoms with Crippen molar-refractivity contribution in [3.63, 3.8) is 0 Å². The molecular formula is C8H9NOS. The Hall–Kier alpha value is -0.700. The van der Waals surface area contributed by atoms with Gasteiger partial charge in [0.25, 0.3) is 0 Å². The summed E-state index contributed by atoms with van der Waals surface area (Å²) < 4.78 is 0. The average Bonchev–Trinajstić information content (AvgIpc) is 2.47. The molecule has 2 heterocycles. The van der Waals surface area contributed by atoms with Crippen molar-refractivity contribution in [1.29, 1.82) is 0 Å². The van der Waals surface area contributed by atoms with E-state index >= 15 is 0 Å². The van der Waals surface area contributed by atoms with Crippen molar-refractivity contribution in [1.82, 2.24) is 4.98 Å². The predicted molar refractivity (Wildman–Crippen MR) is 46.0 cm³/mol. The largest absolute Gasteiger partial charge is 0.364 e. The monoisotopic (exact) mass is 167 g/mol. The van der Waals surface area contributed by atoms with Crippen LogP contribution >= 0.6 is 11.8 Å². The van der Waals surface area contributed by atoms with Gasteiger partial charge in [-0.2, -0.15) is 11.8 Å². The molecular weight excluding hydrogens is 158 g/mol. The van der Waals surface area contributed by atoms with Crippen molar-refractivity contribution >= 4 is 18.0 Å². The molecule has 11 heavy (non-hydrogen) atoms. The van der Waals surface area contributed by atoms with Gasteiger partial charge in [0, 0.05) is 23.2 Å². The Bertz CT molecular complexity index is 280. The van der Waals surface area contributed by atoms with Crippen LogP contribution in [0.3, 0.4) is 0 Å². The summed E-state index contributed by atoms with van der Waals surface area (Å²) in [6.45, 7) is 0. The molecule has 1 aliphatic rings. The van der Waals surface area contributed by atoms with E-state index in [4.69, 9.17) is 0 Å². The molecule has 1 N–H and O–H groups in total. The van der Waals surface area contributed by atoms with Crippen LogP contribution in [0.2, 0.25) is 0 Å². The highest BCUT2D eigenvalue weighted by molar-refractivity contribution is 7.98. The van der Waals surface area contributed by atoms with Crippen molar-refractivity contribution in [2.75, 3.05) is 5.75 Å². The van der Waals surface area contributed by atoms with Crippen LogP contribution < -0.4 is 0 Å². The molecule has 0 radical (unpaired) electrons. The molecule has 1 aromatic rings. The Morgan fingerprint density at radius 2 is 2.55 bits per heavy atom. The lowest BCUT2D eigenvalue weighted by atomic mass is 10.1. The molecule has 1 aliphatic heterocycles. The van der Waals surface area contributed by atoms with Crippen molar-refractivity contribution in [2.24, 2.45) is 0 Å². The number of hydrogen-bond donors (Lipinski definition) is 1. The van der Waals surface area contributed by atoms with Crippen molar-refractivity contribution in [3.05, 3.63) is 23.0 Å². The second kappa shape index (κ2) is 2.74. The van der Waals surface area contributed by atoms with Crippen LogP contribution in [-0.4, -0.2) is 17.0 Å². The number of aldehydes is 1. The van der Waals surface area contributed by atoms with Gasteiger partial charge in [0.1, 0.15) is 0 Å². The smallest absolute Gasteiger partial charge is 0.151 e. The summed E-state index contributed by atoms with van der Waals surface area (Å²) in [7, 11) is 0. The molecule has 0 aromatic carbocycles. The van der Waals surface area contributed by atoms with E-state index in [9.17, 15) is 4.79 Å². The number of aryl methyl sites for hydroxylation is 1. The number of aromatic amines is 1. The fourth-order valence-electron chi connectivity index (χ4n) is 1.36. The standard InChI is InChI=1S/C8H9NOS/c10-4-6-3-9-8-1-2-11-5-7(6)8/h3-4,9H,1-2,5H2. The maximum atomic E-state index is 10.5. The molecule has 2 nitrogen and oxygen atoms in total. The highest BCUT2D eigenvalue weighted by Crippen LogP contribution is 2.25. The minimum absolute atomic E-state index is 0.840. The topological polar surface area (TPSA) is 32.9 Å². The van der Waals surface area contributed by atoms with E-state index in [0.29, 0.717) is 0 Å². The molecule has 0 saturated carbocycles. The van der Waals surface area contributed by atoms with Crippen LogP contribution in [-0.2, 0) is 12.2 Å². The summed E-state index contributed by atoms with van der Waals surface area (Å²) in [5.41, 5.74) is 3.31. The molecule has 1 aromatic heterocycles. The van der Waals surface area contributed by atoms with E-state index in [1.807, 2.05) is 18.0 Å². The minimum atomic E-state index is 0.840. The van der Waals surface area contributed by atoms with Gasteiger partial charge in [-0.05, 0) is 17.7 Å². The molecule has 0 fully saturated rings. The number of carbonyl (C=O) groups excluding carboxylic acids is 1. The molecule has 3 heteroatoms. The zero-order chi connectivity index (χ0) is 7.68. The molecule has 0 atom stereocenters. The van der Waals surface area contributed by atoms with Gasteiger partial charge in [0.2, 0.25) is 0 Å². The molecule has 0 amide bonds. The van der Waals surface area contributed by atoms with E-state index in [-0.39, 0.29) is 0 Å². The Morgan fingerprint density at radius 1 is 1.64 bits per heavy atom. The SMILES string of the molecule is O=Cc1c[nH]c2c1CSCC2. The van der Waals surface area contributed by atoms with Crippen LogP contribution in [0, 0.1) is 0 Å². The van der Waals surface area contributed by atoms with Crippen LogP contribution in [0.1, 0.15) is 21.6 Å². The van der Waals surface area contributed by atoms with Crippen molar-refractivity contribution in [3.8, 4) is 0 Å². The third-order valence-electron chi connectivity index (χ3n) is 1.98. The molecule has 0 bridgehead atoms. The van der Waals surface area contributed by atoms with Gasteiger partial charge in [0.15, 0.2) is 6.29 Å². The average molecular weight is 167 g/mol. The number of aromatic nitrogens is 1. The van der Waals surface area contributed by atoms with Gasteiger partial charge in [-0.1, -0.05) is 0 Å². The molecule has 2 rings (SSSR count). The van der Waals surface area contributed by atoms with Crippen LogP contribution in [0.25, 0.3) is 0 Å². The third kappa shape index (κ3) is 1.09. The summed E-state index contributed by atoms with van der Waals surface area (Å²) >= 11 is 1.89. The van der Waals surface area contributed by atoms with Gasteiger partial charge in [-0.15, -0.1) is 0 Å². The summed E-state index contributed by atoms with van der Waals surface area (Å²) in [5.74, 6) is 2.17. The lowest BCUT2D eigenvalue weighted by molar-refractivity contribution is 0.112. The van der Waals surface area contributed by atoms with Gasteiger partial charge in [-0.3, -0.25) is 4.79 Å². The predicted octanol–water partition coefficient (Wildman–Crippen LogP) is 1.62. The highest BCUT2D eigenvalue weighted by atomic mass is 32.2. The van der Waals surface area contributed by atoms with Crippen LogP contribution in [0.4, 0.5) is 0 Å². The lowest BCUT2D eigenvalue weighted by Crippen LogP contribution is -2.01. The van der Waals surface area contributed by atoms with E-state index in [0.717, 1.165) is 24.0 Å². The molecule has 0 aliphatic carbocycles. The zero-order valence-corrected chi connectivity index (χ0v) is 6.91. The second-order valence-corrected chi connectivity index (χ2v) is 3.73. The van der Waals surface area contributed by atoms with E-state index in [2.05, 4.69) is 4.98 Å². The van der Waals surface area contributed by atoms with E-state index in [1.165, 1.54) is 17.0 Å². The van der Waals surface area contributed by atoms with Crippen molar-refractivity contribution in [2.45, 2.75) is 12.2 Å². The third-order valence-corrected chi connectivity index (χ3v) is 2.97. The maximum Gasteiger partial charge on any atom is 0.151 e. The lowest BCUT2D eigenvalue weighted by Gasteiger charge is -2.10. The normalized spacial score (nSPS) is 16.0. The number of thioether (sulfide) groups is 1. The first kappa shape index (κ1) is 6.98. The molecule has 58 valence electrons. The zero-order valence-electron chi connectivity index (χ0n) is 6.09. The fourth-order valence-corrected chi connectivity index (χ4v) is 2.40. The van der Waals surface area contributed by atoms with Gasteiger partial charge in [-0.25, -0.2) is 0 Å².